The van der Waals surface area contributed by atoms with Gasteiger partial charge in [-0.2, -0.15) is 0 Å². The topological polar surface area (TPSA) is 38.9 Å². The van der Waals surface area contributed by atoms with E-state index in [0.29, 0.717) is 16.9 Å². The van der Waals surface area contributed by atoms with Crippen molar-refractivity contribution >= 4 is 5.69 Å². The van der Waals surface area contributed by atoms with Gasteiger partial charge >= 0.3 is 0 Å². The average molecular weight is 220 g/mol. The number of anilines is 1. The van der Waals surface area contributed by atoms with Gasteiger partial charge in [0.15, 0.2) is 11.6 Å². The van der Waals surface area contributed by atoms with Crippen LogP contribution in [-0.2, 0) is 0 Å². The third kappa shape index (κ3) is 1.74. The van der Waals surface area contributed by atoms with Crippen molar-refractivity contribution in [2.24, 2.45) is 0 Å². The molecule has 0 fully saturated rings. The second-order valence-electron chi connectivity index (χ2n) is 3.54. The third-order valence-corrected chi connectivity index (χ3v) is 2.31. The van der Waals surface area contributed by atoms with Crippen LogP contribution in [-0.4, -0.2) is 4.98 Å². The van der Waals surface area contributed by atoms with E-state index < -0.39 is 11.6 Å². The van der Waals surface area contributed by atoms with Crippen LogP contribution in [0, 0.1) is 18.6 Å². The molecule has 0 spiro atoms. The normalized spacial score (nSPS) is 10.4. The summed E-state index contributed by atoms with van der Waals surface area (Å²) in [5.41, 5.74) is 7.31. The minimum Gasteiger partial charge on any atom is -0.397 e. The number of hydrogen-bond donors (Lipinski definition) is 1. The molecule has 16 heavy (non-hydrogen) atoms. The molecule has 0 aliphatic carbocycles. The van der Waals surface area contributed by atoms with E-state index in [2.05, 4.69) is 4.98 Å². The first-order valence-electron chi connectivity index (χ1n) is 4.76. The van der Waals surface area contributed by atoms with Crippen LogP contribution < -0.4 is 5.73 Å². The minimum atomic E-state index is -0.886. The minimum absolute atomic E-state index is 0.150. The number of rotatable bonds is 1. The lowest BCUT2D eigenvalue weighted by molar-refractivity contribution is 0.511. The van der Waals surface area contributed by atoms with Gasteiger partial charge in [0.05, 0.1) is 17.6 Å². The van der Waals surface area contributed by atoms with E-state index in [4.69, 9.17) is 5.73 Å². The predicted molar refractivity (Wildman–Crippen MR) is 58.7 cm³/mol. The first-order chi connectivity index (χ1) is 7.59. The first kappa shape index (κ1) is 10.5. The lowest BCUT2D eigenvalue weighted by atomic mass is 10.1. The Morgan fingerprint density at radius 2 is 2.00 bits per heavy atom. The lowest BCUT2D eigenvalue weighted by Gasteiger charge is -2.07. The van der Waals surface area contributed by atoms with Crippen molar-refractivity contribution in [3.8, 4) is 11.3 Å². The number of nitrogens with zero attached hydrogens (tertiary/aromatic N) is 1. The molecule has 0 amide bonds. The zero-order valence-electron chi connectivity index (χ0n) is 8.67. The molecule has 0 saturated carbocycles. The van der Waals surface area contributed by atoms with Gasteiger partial charge in [-0.15, -0.1) is 0 Å². The van der Waals surface area contributed by atoms with Crippen LogP contribution in [0.4, 0.5) is 14.5 Å². The van der Waals surface area contributed by atoms with E-state index in [9.17, 15) is 8.78 Å². The van der Waals surface area contributed by atoms with Gasteiger partial charge in [-0.25, -0.2) is 8.78 Å². The Kier molecular flexibility index (Phi) is 2.56. The summed E-state index contributed by atoms with van der Waals surface area (Å²) in [7, 11) is 0. The molecule has 1 aromatic carbocycles. The van der Waals surface area contributed by atoms with Gasteiger partial charge in [0.25, 0.3) is 0 Å². The highest BCUT2D eigenvalue weighted by atomic mass is 19.2. The van der Waals surface area contributed by atoms with Crippen LogP contribution in [0.1, 0.15) is 5.56 Å². The maximum atomic E-state index is 13.5. The second-order valence-corrected chi connectivity index (χ2v) is 3.54. The fraction of sp³-hybridized carbons (Fsp3) is 0.0833. The standard InChI is InChI=1S/C12H10F2N2/c1-7-5-8(15)6-16-12(7)9-3-2-4-10(13)11(9)14/h2-6H,15H2,1H3. The summed E-state index contributed by atoms with van der Waals surface area (Å²) in [6.45, 7) is 1.75. The molecule has 0 aliphatic rings. The molecule has 2 N–H and O–H groups in total. The van der Waals surface area contributed by atoms with E-state index in [1.165, 1.54) is 18.3 Å². The van der Waals surface area contributed by atoms with Crippen LogP contribution in [0.3, 0.4) is 0 Å². The van der Waals surface area contributed by atoms with E-state index in [-0.39, 0.29) is 5.56 Å². The highest BCUT2D eigenvalue weighted by Crippen LogP contribution is 2.26. The van der Waals surface area contributed by atoms with E-state index in [1.807, 2.05) is 0 Å². The SMILES string of the molecule is Cc1cc(N)cnc1-c1cccc(F)c1F. The monoisotopic (exact) mass is 220 g/mol. The molecule has 2 rings (SSSR count). The molecule has 1 heterocycles. The molecule has 0 radical (unpaired) electrons. The first-order valence-corrected chi connectivity index (χ1v) is 4.76. The molecule has 0 unspecified atom stereocenters. The Balaban J connectivity index is 2.63. The summed E-state index contributed by atoms with van der Waals surface area (Å²) in [4.78, 5) is 4.02. The summed E-state index contributed by atoms with van der Waals surface area (Å²) >= 11 is 0. The highest BCUT2D eigenvalue weighted by Gasteiger charge is 2.12. The van der Waals surface area contributed by atoms with Gasteiger partial charge in [-0.05, 0) is 30.7 Å². The summed E-state index contributed by atoms with van der Waals surface area (Å²) < 4.78 is 26.6. The number of nitrogens with two attached hydrogens (primary N) is 1. The molecular formula is C12H10F2N2. The summed E-state index contributed by atoms with van der Waals surface area (Å²) in [5.74, 6) is -1.77. The van der Waals surface area contributed by atoms with Crippen molar-refractivity contribution in [3.63, 3.8) is 0 Å². The summed E-state index contributed by atoms with van der Waals surface area (Å²) in [5, 5.41) is 0. The van der Waals surface area contributed by atoms with Gasteiger partial charge < -0.3 is 5.73 Å². The molecule has 2 nitrogen and oxygen atoms in total. The number of halogens is 2. The van der Waals surface area contributed by atoms with Gasteiger partial charge in [0.1, 0.15) is 0 Å². The maximum Gasteiger partial charge on any atom is 0.168 e. The van der Waals surface area contributed by atoms with Crippen molar-refractivity contribution in [2.75, 3.05) is 5.73 Å². The van der Waals surface area contributed by atoms with Crippen molar-refractivity contribution in [2.45, 2.75) is 6.92 Å². The van der Waals surface area contributed by atoms with Crippen molar-refractivity contribution < 1.29 is 8.78 Å². The molecule has 4 heteroatoms. The Hall–Kier alpha value is -1.97. The van der Waals surface area contributed by atoms with Crippen LogP contribution >= 0.6 is 0 Å². The number of aryl methyl sites for hydroxylation is 1. The molecule has 0 aliphatic heterocycles. The third-order valence-electron chi connectivity index (χ3n) is 2.31. The zero-order valence-corrected chi connectivity index (χ0v) is 8.67. The highest BCUT2D eigenvalue weighted by molar-refractivity contribution is 5.65. The molecular weight excluding hydrogens is 210 g/mol. The van der Waals surface area contributed by atoms with E-state index >= 15 is 0 Å². The Bertz CT molecular complexity index is 539. The maximum absolute atomic E-state index is 13.5. The van der Waals surface area contributed by atoms with Crippen molar-refractivity contribution in [1.82, 2.24) is 4.98 Å². The zero-order chi connectivity index (χ0) is 11.7. The number of aromatic nitrogens is 1. The second kappa shape index (κ2) is 3.89. The smallest absolute Gasteiger partial charge is 0.168 e. The predicted octanol–water partition coefficient (Wildman–Crippen LogP) is 2.92. The van der Waals surface area contributed by atoms with Crippen LogP contribution in [0.15, 0.2) is 30.5 Å². The van der Waals surface area contributed by atoms with Gasteiger partial charge in [0, 0.05) is 5.56 Å². The quantitative estimate of drug-likeness (QED) is 0.802. The molecule has 2 aromatic rings. The fourth-order valence-electron chi connectivity index (χ4n) is 1.57. The summed E-state index contributed by atoms with van der Waals surface area (Å²) in [6.07, 6.45) is 1.42. The van der Waals surface area contributed by atoms with Gasteiger partial charge in [0.2, 0.25) is 0 Å². The van der Waals surface area contributed by atoms with Gasteiger partial charge in [-0.3, -0.25) is 4.98 Å². The average Bonchev–Trinajstić information content (AvgIpc) is 2.23. The van der Waals surface area contributed by atoms with E-state index in [0.717, 1.165) is 6.07 Å². The summed E-state index contributed by atoms with van der Waals surface area (Å²) in [6, 6.07) is 5.69. The van der Waals surface area contributed by atoms with Gasteiger partial charge in [-0.1, -0.05) is 6.07 Å². The Labute approximate surface area is 91.7 Å². The van der Waals surface area contributed by atoms with E-state index in [1.54, 1.807) is 13.0 Å². The number of benzene rings is 1. The fourth-order valence-corrected chi connectivity index (χ4v) is 1.57. The Morgan fingerprint density at radius 1 is 1.25 bits per heavy atom. The number of hydrogen-bond acceptors (Lipinski definition) is 2. The molecule has 0 bridgehead atoms. The molecule has 0 atom stereocenters. The van der Waals surface area contributed by atoms with Crippen LogP contribution in [0.25, 0.3) is 11.3 Å². The van der Waals surface area contributed by atoms with Crippen molar-refractivity contribution in [1.29, 1.82) is 0 Å². The molecule has 82 valence electrons. The lowest BCUT2D eigenvalue weighted by Crippen LogP contribution is -1.96. The van der Waals surface area contributed by atoms with Crippen molar-refractivity contribution in [3.05, 3.63) is 47.7 Å². The largest absolute Gasteiger partial charge is 0.397 e. The van der Waals surface area contributed by atoms with Crippen LogP contribution in [0.5, 0.6) is 0 Å². The molecule has 1 aromatic heterocycles. The number of pyridine rings is 1. The van der Waals surface area contributed by atoms with Crippen LogP contribution in [0.2, 0.25) is 0 Å². The Morgan fingerprint density at radius 3 is 2.69 bits per heavy atom. The number of nitrogen functional groups attached to an aromatic ring is 1. The molecule has 0 saturated heterocycles.